The normalized spacial score (nSPS) is 10.5. The quantitative estimate of drug-likeness (QED) is 0.215. The van der Waals surface area contributed by atoms with Crippen molar-refractivity contribution in [3.05, 3.63) is 57.6 Å². The third-order valence-corrected chi connectivity index (χ3v) is 6.18. The van der Waals surface area contributed by atoms with Gasteiger partial charge in [0.25, 0.3) is 0 Å². The molecular formula is C26H40Cl4N2O2. The van der Waals surface area contributed by atoms with E-state index in [0.717, 1.165) is 31.6 Å². The largest absolute Gasteiger partial charge is 0.493 e. The predicted molar refractivity (Wildman–Crippen MR) is 151 cm³/mol. The minimum atomic E-state index is 0. The Kier molecular flexibility index (Phi) is 18.8. The van der Waals surface area contributed by atoms with E-state index in [9.17, 15) is 0 Å². The van der Waals surface area contributed by atoms with E-state index in [-0.39, 0.29) is 24.8 Å². The number of hydrogen-bond acceptors (Lipinski definition) is 4. The van der Waals surface area contributed by atoms with Gasteiger partial charge in [-0.3, -0.25) is 0 Å². The van der Waals surface area contributed by atoms with E-state index in [1.165, 1.54) is 44.3 Å². The molecule has 0 bridgehead atoms. The lowest BCUT2D eigenvalue weighted by Crippen LogP contribution is -2.29. The predicted octanol–water partition coefficient (Wildman–Crippen LogP) is 7.81. The summed E-state index contributed by atoms with van der Waals surface area (Å²) in [5.74, 6) is 1.38. The Balaban J connectivity index is 0.00000544. The van der Waals surface area contributed by atoms with Crippen LogP contribution in [-0.2, 0) is 13.2 Å². The fraction of sp³-hybridized carbons (Fsp3) is 0.538. The standard InChI is InChI=1S/C26H38Cl2N2O2.2ClH/c1-4-6-15-30(16-7-5-2)17-9-14-29-19-21-12-13-25(26(18-21)31-3)32-20-22-23(27)10-8-11-24(22)28;;/h8,10-13,18,29H,4-7,9,14-17,19-20H2,1-3H3;2*1H. The lowest BCUT2D eigenvalue weighted by molar-refractivity contribution is 0.261. The fourth-order valence-corrected chi connectivity index (χ4v) is 4.03. The number of rotatable bonds is 16. The minimum absolute atomic E-state index is 0. The minimum Gasteiger partial charge on any atom is -0.493 e. The van der Waals surface area contributed by atoms with Gasteiger partial charge in [-0.1, -0.05) is 62.0 Å². The Bertz CT molecular complexity index is 780. The zero-order valence-corrected chi connectivity index (χ0v) is 23.7. The van der Waals surface area contributed by atoms with Gasteiger partial charge < -0.3 is 19.7 Å². The highest BCUT2D eigenvalue weighted by atomic mass is 35.5. The van der Waals surface area contributed by atoms with Gasteiger partial charge in [-0.25, -0.2) is 0 Å². The van der Waals surface area contributed by atoms with E-state index in [0.29, 0.717) is 28.2 Å². The molecule has 0 saturated heterocycles. The second-order valence-corrected chi connectivity index (χ2v) is 8.87. The van der Waals surface area contributed by atoms with E-state index in [1.54, 1.807) is 7.11 Å². The summed E-state index contributed by atoms with van der Waals surface area (Å²) >= 11 is 12.5. The summed E-state index contributed by atoms with van der Waals surface area (Å²) < 4.78 is 11.5. The third kappa shape index (κ3) is 11.7. The summed E-state index contributed by atoms with van der Waals surface area (Å²) in [5.41, 5.74) is 1.94. The molecule has 0 radical (unpaired) electrons. The Morgan fingerprint density at radius 2 is 1.47 bits per heavy atom. The molecule has 1 N–H and O–H groups in total. The molecule has 0 atom stereocenters. The Hall–Kier alpha value is -0.880. The third-order valence-electron chi connectivity index (χ3n) is 5.47. The molecule has 0 aliphatic carbocycles. The van der Waals surface area contributed by atoms with E-state index < -0.39 is 0 Å². The zero-order valence-electron chi connectivity index (χ0n) is 20.6. The van der Waals surface area contributed by atoms with Crippen LogP contribution in [0.2, 0.25) is 10.0 Å². The SMILES string of the molecule is CCCCN(CCCC)CCCNCc1ccc(OCc2c(Cl)cccc2Cl)c(OC)c1.Cl.Cl. The van der Waals surface area contributed by atoms with Crippen LogP contribution in [0.1, 0.15) is 57.1 Å². The molecule has 0 aliphatic rings. The summed E-state index contributed by atoms with van der Waals surface area (Å²) in [6.07, 6.45) is 6.24. The van der Waals surface area contributed by atoms with Crippen molar-refractivity contribution in [3.63, 3.8) is 0 Å². The lowest BCUT2D eigenvalue weighted by Gasteiger charge is -2.22. The molecule has 0 aliphatic heterocycles. The highest BCUT2D eigenvalue weighted by molar-refractivity contribution is 6.35. The van der Waals surface area contributed by atoms with Gasteiger partial charge in [-0.05, 0) is 75.3 Å². The zero-order chi connectivity index (χ0) is 23.2. The van der Waals surface area contributed by atoms with Gasteiger partial charge in [-0.2, -0.15) is 0 Å². The number of methoxy groups -OCH3 is 1. The van der Waals surface area contributed by atoms with Crippen molar-refractivity contribution >= 4 is 48.0 Å². The fourth-order valence-electron chi connectivity index (χ4n) is 3.52. The molecule has 2 aromatic rings. The molecule has 194 valence electrons. The van der Waals surface area contributed by atoms with Crippen molar-refractivity contribution in [3.8, 4) is 11.5 Å². The summed E-state index contributed by atoms with van der Waals surface area (Å²) in [7, 11) is 1.66. The van der Waals surface area contributed by atoms with Crippen LogP contribution in [0.15, 0.2) is 36.4 Å². The van der Waals surface area contributed by atoms with Gasteiger partial charge in [0, 0.05) is 22.2 Å². The molecule has 8 heteroatoms. The number of ether oxygens (including phenoxy) is 2. The van der Waals surface area contributed by atoms with Crippen molar-refractivity contribution in [2.45, 2.75) is 59.1 Å². The smallest absolute Gasteiger partial charge is 0.161 e. The Morgan fingerprint density at radius 1 is 0.853 bits per heavy atom. The van der Waals surface area contributed by atoms with Gasteiger partial charge in [0.1, 0.15) is 6.61 Å². The number of nitrogens with zero attached hydrogens (tertiary/aromatic N) is 1. The van der Waals surface area contributed by atoms with Crippen molar-refractivity contribution in [1.29, 1.82) is 0 Å². The number of nitrogens with one attached hydrogen (secondary N) is 1. The Labute approximate surface area is 228 Å². The van der Waals surface area contributed by atoms with Crippen LogP contribution in [-0.4, -0.2) is 38.2 Å². The van der Waals surface area contributed by atoms with Crippen LogP contribution in [0, 0.1) is 0 Å². The maximum Gasteiger partial charge on any atom is 0.161 e. The first-order valence-corrected chi connectivity index (χ1v) is 12.5. The average Bonchev–Trinajstić information content (AvgIpc) is 2.80. The Morgan fingerprint density at radius 3 is 2.06 bits per heavy atom. The maximum atomic E-state index is 6.24. The monoisotopic (exact) mass is 552 g/mol. The second-order valence-electron chi connectivity index (χ2n) is 8.05. The summed E-state index contributed by atoms with van der Waals surface area (Å²) in [6, 6.07) is 11.5. The van der Waals surface area contributed by atoms with Crippen molar-refractivity contribution in [1.82, 2.24) is 10.2 Å². The number of unbranched alkanes of at least 4 members (excludes halogenated alkanes) is 2. The van der Waals surface area contributed by atoms with E-state index in [2.05, 4.69) is 30.1 Å². The van der Waals surface area contributed by atoms with Crippen LogP contribution in [0.25, 0.3) is 0 Å². The molecule has 0 amide bonds. The molecule has 0 aromatic heterocycles. The molecule has 4 nitrogen and oxygen atoms in total. The van der Waals surface area contributed by atoms with E-state index in [1.807, 2.05) is 30.3 Å². The van der Waals surface area contributed by atoms with Gasteiger partial charge in [0.15, 0.2) is 11.5 Å². The van der Waals surface area contributed by atoms with Crippen LogP contribution in [0.3, 0.4) is 0 Å². The van der Waals surface area contributed by atoms with Gasteiger partial charge >= 0.3 is 0 Å². The summed E-state index contributed by atoms with van der Waals surface area (Å²) in [5, 5.41) is 4.75. The van der Waals surface area contributed by atoms with E-state index >= 15 is 0 Å². The molecule has 2 aromatic carbocycles. The van der Waals surface area contributed by atoms with Crippen molar-refractivity contribution in [2.24, 2.45) is 0 Å². The van der Waals surface area contributed by atoms with E-state index in [4.69, 9.17) is 32.7 Å². The van der Waals surface area contributed by atoms with Crippen molar-refractivity contribution in [2.75, 3.05) is 33.3 Å². The topological polar surface area (TPSA) is 33.7 Å². The van der Waals surface area contributed by atoms with Crippen LogP contribution in [0.5, 0.6) is 11.5 Å². The number of benzene rings is 2. The molecule has 0 heterocycles. The molecule has 0 unspecified atom stereocenters. The van der Waals surface area contributed by atoms with Gasteiger partial charge in [0.2, 0.25) is 0 Å². The average molecular weight is 554 g/mol. The highest BCUT2D eigenvalue weighted by Gasteiger charge is 2.10. The first-order chi connectivity index (χ1) is 15.6. The molecule has 0 saturated carbocycles. The lowest BCUT2D eigenvalue weighted by atomic mass is 10.2. The number of hydrogen-bond donors (Lipinski definition) is 1. The van der Waals surface area contributed by atoms with Crippen LogP contribution >= 0.6 is 48.0 Å². The van der Waals surface area contributed by atoms with Crippen LogP contribution < -0.4 is 14.8 Å². The molecule has 0 spiro atoms. The molecule has 2 rings (SSSR count). The molecule has 0 fully saturated rings. The molecular weight excluding hydrogens is 514 g/mol. The molecule has 34 heavy (non-hydrogen) atoms. The first kappa shape index (κ1) is 33.1. The van der Waals surface area contributed by atoms with Crippen molar-refractivity contribution < 1.29 is 9.47 Å². The van der Waals surface area contributed by atoms with Gasteiger partial charge in [-0.15, -0.1) is 24.8 Å². The maximum absolute atomic E-state index is 6.24. The summed E-state index contributed by atoms with van der Waals surface area (Å²) in [6.45, 7) is 10.2. The van der Waals surface area contributed by atoms with Gasteiger partial charge in [0.05, 0.1) is 7.11 Å². The van der Waals surface area contributed by atoms with Crippen LogP contribution in [0.4, 0.5) is 0 Å². The summed E-state index contributed by atoms with van der Waals surface area (Å²) in [4.78, 5) is 2.61. The first-order valence-electron chi connectivity index (χ1n) is 11.7. The highest BCUT2D eigenvalue weighted by Crippen LogP contribution is 2.31. The second kappa shape index (κ2) is 19.3. The number of halogens is 4.